The van der Waals surface area contributed by atoms with Crippen molar-refractivity contribution in [3.05, 3.63) is 71.6 Å². The van der Waals surface area contributed by atoms with Crippen molar-refractivity contribution < 1.29 is 4.74 Å². The Bertz CT molecular complexity index is 970. The molecule has 0 N–H and O–H groups in total. The molecule has 0 saturated heterocycles. The van der Waals surface area contributed by atoms with Crippen molar-refractivity contribution in [2.24, 2.45) is 0 Å². The predicted octanol–water partition coefficient (Wildman–Crippen LogP) is 3.58. The van der Waals surface area contributed by atoms with Crippen LogP contribution in [0.2, 0.25) is 0 Å². The van der Waals surface area contributed by atoms with Crippen LogP contribution in [0, 0.1) is 13.8 Å². The summed E-state index contributed by atoms with van der Waals surface area (Å²) < 4.78 is 7.13. The van der Waals surface area contributed by atoms with E-state index in [2.05, 4.69) is 32.2 Å². The van der Waals surface area contributed by atoms with Crippen LogP contribution in [0.15, 0.2) is 48.8 Å². The number of rotatable bonds is 5. The number of benzene rings is 1. The lowest BCUT2D eigenvalue weighted by Crippen LogP contribution is -2.29. The summed E-state index contributed by atoms with van der Waals surface area (Å²) in [6, 6.07) is 9.93. The molecule has 0 saturated carbocycles. The van der Waals surface area contributed by atoms with E-state index in [0.29, 0.717) is 0 Å². The van der Waals surface area contributed by atoms with Gasteiger partial charge in [-0.2, -0.15) is 5.10 Å². The smallest absolute Gasteiger partial charge is 0.142 e. The number of ether oxygens (including phenoxy) is 1. The van der Waals surface area contributed by atoms with Crippen LogP contribution in [0.4, 0.5) is 0 Å². The number of aromatic nitrogens is 4. The van der Waals surface area contributed by atoms with Crippen LogP contribution in [-0.4, -0.2) is 44.8 Å². The van der Waals surface area contributed by atoms with Crippen LogP contribution in [-0.2, 0) is 6.54 Å². The zero-order valence-corrected chi connectivity index (χ0v) is 16.6. The maximum atomic E-state index is 5.22. The molecule has 0 unspecified atom stereocenters. The Kier molecular flexibility index (Phi) is 5.21. The number of nitrogens with zero attached hydrogens (tertiary/aromatic N) is 5. The van der Waals surface area contributed by atoms with Gasteiger partial charge >= 0.3 is 0 Å². The van der Waals surface area contributed by atoms with Gasteiger partial charge < -0.3 is 4.74 Å². The largest absolute Gasteiger partial charge is 0.497 e. The van der Waals surface area contributed by atoms with Crippen LogP contribution < -0.4 is 4.74 Å². The Morgan fingerprint density at radius 3 is 2.46 bits per heavy atom. The molecule has 1 aromatic carbocycles. The first-order valence-electron chi connectivity index (χ1n) is 9.53. The monoisotopic (exact) mass is 375 g/mol. The first-order chi connectivity index (χ1) is 13.6. The summed E-state index contributed by atoms with van der Waals surface area (Å²) in [5, 5.41) is 4.52. The zero-order chi connectivity index (χ0) is 19.5. The fourth-order valence-electron chi connectivity index (χ4n) is 3.55. The van der Waals surface area contributed by atoms with Gasteiger partial charge in [0.25, 0.3) is 0 Å². The Labute approximate surface area is 165 Å². The lowest BCUT2D eigenvalue weighted by atomic mass is 10.0. The standard InChI is InChI=1S/C22H25N5O/c1-16-12-17(2)25-22(24-16)15-26-10-8-18(9-11-26)19-13-23-27(14-19)20-4-6-21(28-3)7-5-20/h4-8,12-14H,9-11,15H2,1-3H3. The number of methoxy groups -OCH3 is 1. The van der Waals surface area contributed by atoms with Crippen LogP contribution in [0.5, 0.6) is 5.75 Å². The first-order valence-corrected chi connectivity index (χ1v) is 9.53. The molecular weight excluding hydrogens is 350 g/mol. The topological polar surface area (TPSA) is 56.1 Å². The zero-order valence-electron chi connectivity index (χ0n) is 16.6. The van der Waals surface area contributed by atoms with E-state index in [9.17, 15) is 0 Å². The third-order valence-electron chi connectivity index (χ3n) is 4.98. The number of hydrogen-bond donors (Lipinski definition) is 0. The highest BCUT2D eigenvalue weighted by Crippen LogP contribution is 2.24. The second kappa shape index (κ2) is 7.94. The van der Waals surface area contributed by atoms with E-state index in [1.165, 1.54) is 11.1 Å². The maximum Gasteiger partial charge on any atom is 0.142 e. The Morgan fingerprint density at radius 1 is 1.07 bits per heavy atom. The number of hydrogen-bond acceptors (Lipinski definition) is 5. The summed E-state index contributed by atoms with van der Waals surface area (Å²) >= 11 is 0. The van der Waals surface area contributed by atoms with Gasteiger partial charge in [0.05, 0.1) is 25.5 Å². The molecule has 6 nitrogen and oxygen atoms in total. The third kappa shape index (κ3) is 4.12. The van der Waals surface area contributed by atoms with Crippen LogP contribution in [0.1, 0.15) is 29.2 Å². The normalized spacial score (nSPS) is 14.8. The van der Waals surface area contributed by atoms with E-state index < -0.39 is 0 Å². The van der Waals surface area contributed by atoms with Gasteiger partial charge in [-0.15, -0.1) is 0 Å². The molecule has 28 heavy (non-hydrogen) atoms. The van der Waals surface area contributed by atoms with E-state index in [1.54, 1.807) is 7.11 Å². The Morgan fingerprint density at radius 2 is 1.82 bits per heavy atom. The van der Waals surface area contributed by atoms with Crippen molar-refractivity contribution in [2.45, 2.75) is 26.8 Å². The minimum absolute atomic E-state index is 0.789. The van der Waals surface area contributed by atoms with Gasteiger partial charge in [0, 0.05) is 36.2 Å². The second-order valence-electron chi connectivity index (χ2n) is 7.15. The molecule has 4 rings (SSSR count). The molecule has 6 heteroatoms. The lowest BCUT2D eigenvalue weighted by Gasteiger charge is -2.25. The van der Waals surface area contributed by atoms with E-state index in [4.69, 9.17) is 4.74 Å². The summed E-state index contributed by atoms with van der Waals surface area (Å²) in [6.45, 7) is 6.73. The third-order valence-corrected chi connectivity index (χ3v) is 4.98. The molecular formula is C22H25N5O. The van der Waals surface area contributed by atoms with Gasteiger partial charge in [0.1, 0.15) is 11.6 Å². The van der Waals surface area contributed by atoms with E-state index in [0.717, 1.165) is 54.7 Å². The van der Waals surface area contributed by atoms with Crippen molar-refractivity contribution in [2.75, 3.05) is 20.2 Å². The molecule has 2 aromatic heterocycles. The first kappa shape index (κ1) is 18.4. The molecule has 3 aromatic rings. The van der Waals surface area contributed by atoms with E-state index in [-0.39, 0.29) is 0 Å². The number of aryl methyl sites for hydroxylation is 2. The average molecular weight is 375 g/mol. The minimum atomic E-state index is 0.789. The van der Waals surface area contributed by atoms with Crippen molar-refractivity contribution in [1.82, 2.24) is 24.6 Å². The molecule has 0 atom stereocenters. The molecule has 0 radical (unpaired) electrons. The van der Waals surface area contributed by atoms with Crippen molar-refractivity contribution >= 4 is 5.57 Å². The van der Waals surface area contributed by atoms with E-state index >= 15 is 0 Å². The molecule has 0 spiro atoms. The second-order valence-corrected chi connectivity index (χ2v) is 7.15. The highest BCUT2D eigenvalue weighted by Gasteiger charge is 2.16. The molecule has 144 valence electrons. The van der Waals surface area contributed by atoms with Gasteiger partial charge in [-0.05, 0) is 56.2 Å². The predicted molar refractivity (Wildman–Crippen MR) is 109 cm³/mol. The fraction of sp³-hybridized carbons (Fsp3) is 0.318. The molecule has 0 bridgehead atoms. The van der Waals surface area contributed by atoms with Crippen LogP contribution in [0.3, 0.4) is 0 Å². The van der Waals surface area contributed by atoms with Crippen molar-refractivity contribution in [3.63, 3.8) is 0 Å². The molecule has 0 amide bonds. The maximum absolute atomic E-state index is 5.22. The van der Waals surface area contributed by atoms with E-state index in [1.807, 2.05) is 55.1 Å². The van der Waals surface area contributed by atoms with Gasteiger partial charge in [-0.1, -0.05) is 6.08 Å². The van der Waals surface area contributed by atoms with Gasteiger partial charge in [-0.3, -0.25) is 4.90 Å². The SMILES string of the molecule is COc1ccc(-n2cc(C3=CCN(Cc4nc(C)cc(C)n4)CC3)cn2)cc1. The molecule has 0 fully saturated rings. The summed E-state index contributed by atoms with van der Waals surface area (Å²) in [5.41, 5.74) is 5.61. The summed E-state index contributed by atoms with van der Waals surface area (Å²) in [7, 11) is 1.67. The van der Waals surface area contributed by atoms with Gasteiger partial charge in [0.2, 0.25) is 0 Å². The fourth-order valence-corrected chi connectivity index (χ4v) is 3.55. The Hall–Kier alpha value is -2.99. The van der Waals surface area contributed by atoms with Crippen LogP contribution in [0.25, 0.3) is 11.3 Å². The highest BCUT2D eigenvalue weighted by molar-refractivity contribution is 5.65. The van der Waals surface area contributed by atoms with Crippen molar-refractivity contribution in [1.29, 1.82) is 0 Å². The average Bonchev–Trinajstić information content (AvgIpc) is 3.18. The lowest BCUT2D eigenvalue weighted by molar-refractivity contribution is 0.286. The molecule has 1 aliphatic rings. The minimum Gasteiger partial charge on any atom is -0.497 e. The van der Waals surface area contributed by atoms with Crippen LogP contribution >= 0.6 is 0 Å². The summed E-state index contributed by atoms with van der Waals surface area (Å²) in [5.74, 6) is 1.75. The molecule has 0 aliphatic carbocycles. The summed E-state index contributed by atoms with van der Waals surface area (Å²) in [6.07, 6.45) is 7.33. The molecule has 3 heterocycles. The van der Waals surface area contributed by atoms with Gasteiger partial charge in [-0.25, -0.2) is 14.6 Å². The quantitative estimate of drug-likeness (QED) is 0.682. The Balaban J connectivity index is 1.43. The van der Waals surface area contributed by atoms with Crippen molar-refractivity contribution in [3.8, 4) is 11.4 Å². The molecule has 1 aliphatic heterocycles. The van der Waals surface area contributed by atoms with Gasteiger partial charge in [0.15, 0.2) is 0 Å². The summed E-state index contributed by atoms with van der Waals surface area (Å²) in [4.78, 5) is 11.5. The highest BCUT2D eigenvalue weighted by atomic mass is 16.5.